The fourth-order valence-corrected chi connectivity index (χ4v) is 5.04. The molecule has 12 heteroatoms. The summed E-state index contributed by atoms with van der Waals surface area (Å²) in [6, 6.07) is 21.9. The van der Waals surface area contributed by atoms with Crippen molar-refractivity contribution in [2.45, 2.75) is 26.9 Å². The van der Waals surface area contributed by atoms with Gasteiger partial charge < -0.3 is 23.9 Å². The molecule has 1 aromatic heterocycles. The maximum Gasteiger partial charge on any atom is 0.418 e. The highest BCUT2D eigenvalue weighted by atomic mass is 19.4. The summed E-state index contributed by atoms with van der Waals surface area (Å²) in [7, 11) is 0. The molecule has 0 radical (unpaired) electrons. The number of carbonyl (C=O) groups is 2. The minimum atomic E-state index is -4.64. The second-order valence-corrected chi connectivity index (χ2v) is 10.2. The monoisotopic (exact) mass is 659 g/mol. The molecule has 5 aromatic rings. The Morgan fingerprint density at radius 1 is 0.792 bits per heavy atom. The lowest BCUT2D eigenvalue weighted by Gasteiger charge is -2.13. The second-order valence-electron chi connectivity index (χ2n) is 10.2. The number of halogens is 3. The molecule has 2 N–H and O–H groups in total. The first-order valence-electron chi connectivity index (χ1n) is 15.1. The fraction of sp³-hybridized carbons (Fsp3) is 0.194. The van der Waals surface area contributed by atoms with E-state index in [1.807, 2.05) is 13.8 Å². The number of nitrogens with one attached hydrogen (secondary N) is 2. The SMILES string of the molecule is CCOc1ccc(C(=O)Oc2ccc(C=NNC(=O)c3[nH]c4c(C(F)(F)F)cccc4c3-c3ccccc3)cc2OCC)cc1OCC. The minimum Gasteiger partial charge on any atom is -0.490 e. The van der Waals surface area contributed by atoms with Gasteiger partial charge in [-0.05, 0) is 74.4 Å². The first-order chi connectivity index (χ1) is 23.1. The topological polar surface area (TPSA) is 111 Å². The maximum absolute atomic E-state index is 13.8. The van der Waals surface area contributed by atoms with Crippen LogP contribution in [0.5, 0.6) is 23.0 Å². The summed E-state index contributed by atoms with van der Waals surface area (Å²) < 4.78 is 63.9. The molecule has 0 aliphatic heterocycles. The lowest BCUT2D eigenvalue weighted by atomic mass is 10.0. The van der Waals surface area contributed by atoms with Crippen LogP contribution in [0.1, 0.15) is 52.7 Å². The van der Waals surface area contributed by atoms with Gasteiger partial charge in [-0.15, -0.1) is 0 Å². The molecular weight excluding hydrogens is 627 g/mol. The van der Waals surface area contributed by atoms with Crippen molar-refractivity contribution >= 4 is 29.0 Å². The number of alkyl halides is 3. The van der Waals surface area contributed by atoms with Crippen molar-refractivity contribution in [2.75, 3.05) is 19.8 Å². The molecule has 5 rings (SSSR count). The molecule has 0 aliphatic rings. The van der Waals surface area contributed by atoms with Crippen molar-refractivity contribution in [2.24, 2.45) is 5.10 Å². The van der Waals surface area contributed by atoms with Gasteiger partial charge in [0.25, 0.3) is 5.91 Å². The third-order valence-electron chi connectivity index (χ3n) is 7.06. The standard InChI is InChI=1S/C36H32F3N3O6/c1-4-45-27-18-16-24(20-30(27)47-6-3)35(44)48-28-17-15-22(19-29(28)46-5-2)21-40-42-34(43)33-31(23-11-8-7-9-12-23)25-13-10-14-26(32(25)41-33)36(37,38)39/h7-21,41H,4-6H2,1-3H3,(H,42,43). The number of H-pyrrole nitrogens is 1. The van der Waals surface area contributed by atoms with Gasteiger partial charge in [-0.3, -0.25) is 4.79 Å². The zero-order valence-corrected chi connectivity index (χ0v) is 26.3. The van der Waals surface area contributed by atoms with E-state index in [1.54, 1.807) is 67.6 Å². The van der Waals surface area contributed by atoms with E-state index < -0.39 is 23.6 Å². The average Bonchev–Trinajstić information content (AvgIpc) is 3.47. The van der Waals surface area contributed by atoms with Crippen molar-refractivity contribution in [3.8, 4) is 34.1 Å². The molecule has 0 aliphatic carbocycles. The lowest BCUT2D eigenvalue weighted by molar-refractivity contribution is -0.136. The highest BCUT2D eigenvalue weighted by Gasteiger charge is 2.34. The fourth-order valence-electron chi connectivity index (χ4n) is 5.04. The Hall–Kier alpha value is -5.78. The highest BCUT2D eigenvalue weighted by Crippen LogP contribution is 2.40. The van der Waals surface area contributed by atoms with Gasteiger partial charge >= 0.3 is 12.1 Å². The van der Waals surface area contributed by atoms with Crippen LogP contribution in [0.2, 0.25) is 0 Å². The van der Waals surface area contributed by atoms with E-state index in [1.165, 1.54) is 24.4 Å². The summed E-state index contributed by atoms with van der Waals surface area (Å²) in [4.78, 5) is 29.0. The molecular formula is C36H32F3N3O6. The van der Waals surface area contributed by atoms with Gasteiger partial charge in [-0.25, -0.2) is 10.2 Å². The number of ether oxygens (including phenoxy) is 4. The number of nitrogens with zero attached hydrogens (tertiary/aromatic N) is 1. The van der Waals surface area contributed by atoms with Crippen LogP contribution in [0.4, 0.5) is 13.2 Å². The van der Waals surface area contributed by atoms with Crippen molar-refractivity contribution < 1.29 is 41.7 Å². The zero-order chi connectivity index (χ0) is 34.3. The van der Waals surface area contributed by atoms with Crippen LogP contribution >= 0.6 is 0 Å². The summed E-state index contributed by atoms with van der Waals surface area (Å²) in [6.45, 7) is 6.51. The predicted molar refractivity (Wildman–Crippen MR) is 175 cm³/mol. The van der Waals surface area contributed by atoms with Crippen molar-refractivity contribution in [1.29, 1.82) is 0 Å². The molecule has 1 amide bonds. The van der Waals surface area contributed by atoms with Gasteiger partial charge in [0.05, 0.1) is 42.7 Å². The number of hydrogen-bond acceptors (Lipinski definition) is 7. The van der Waals surface area contributed by atoms with E-state index in [0.717, 1.165) is 6.07 Å². The van der Waals surface area contributed by atoms with Crippen molar-refractivity contribution in [3.05, 3.63) is 107 Å². The molecule has 0 saturated carbocycles. The van der Waals surface area contributed by atoms with Gasteiger partial charge in [0.1, 0.15) is 5.69 Å². The van der Waals surface area contributed by atoms with Crippen LogP contribution in [-0.4, -0.2) is 42.9 Å². The lowest BCUT2D eigenvalue weighted by Crippen LogP contribution is -2.19. The number of aromatic amines is 1. The number of amides is 1. The number of carbonyl (C=O) groups excluding carboxylic acids is 2. The molecule has 0 unspecified atom stereocenters. The predicted octanol–water partition coefficient (Wildman–Crippen LogP) is 8.03. The van der Waals surface area contributed by atoms with Crippen LogP contribution in [0.25, 0.3) is 22.0 Å². The Labute approximate surface area is 274 Å². The number of aromatic nitrogens is 1. The Morgan fingerprint density at radius 2 is 1.46 bits per heavy atom. The Morgan fingerprint density at radius 3 is 2.15 bits per heavy atom. The van der Waals surface area contributed by atoms with E-state index in [2.05, 4.69) is 15.5 Å². The third kappa shape index (κ3) is 7.43. The third-order valence-corrected chi connectivity index (χ3v) is 7.06. The van der Waals surface area contributed by atoms with E-state index in [4.69, 9.17) is 18.9 Å². The normalized spacial score (nSPS) is 11.5. The van der Waals surface area contributed by atoms with Gasteiger partial charge in [0.2, 0.25) is 0 Å². The molecule has 0 bridgehead atoms. The van der Waals surface area contributed by atoms with E-state index in [0.29, 0.717) is 41.4 Å². The number of fused-ring (bicyclic) bond motifs is 1. The largest absolute Gasteiger partial charge is 0.490 e. The molecule has 1 heterocycles. The van der Waals surface area contributed by atoms with Gasteiger partial charge in [0, 0.05) is 10.9 Å². The summed E-state index contributed by atoms with van der Waals surface area (Å²) >= 11 is 0. The minimum absolute atomic E-state index is 0.0795. The van der Waals surface area contributed by atoms with E-state index in [-0.39, 0.29) is 40.3 Å². The number of benzene rings is 4. The molecule has 0 atom stereocenters. The summed E-state index contributed by atoms with van der Waals surface area (Å²) in [5.74, 6) is -0.0635. The molecule has 4 aromatic carbocycles. The Kier molecular flexibility index (Phi) is 10.3. The first-order valence-corrected chi connectivity index (χ1v) is 15.1. The maximum atomic E-state index is 13.8. The van der Waals surface area contributed by atoms with E-state index in [9.17, 15) is 22.8 Å². The summed E-state index contributed by atoms with van der Waals surface area (Å²) in [5, 5.41) is 4.27. The first kappa shape index (κ1) is 33.6. The molecule has 9 nitrogen and oxygen atoms in total. The Bertz CT molecular complexity index is 1950. The summed E-state index contributed by atoms with van der Waals surface area (Å²) in [5.41, 5.74) is 2.82. The van der Waals surface area contributed by atoms with Gasteiger partial charge in [-0.2, -0.15) is 18.3 Å². The molecule has 48 heavy (non-hydrogen) atoms. The molecule has 0 fully saturated rings. The van der Waals surface area contributed by atoms with Crippen LogP contribution < -0.4 is 24.4 Å². The van der Waals surface area contributed by atoms with Crippen LogP contribution in [-0.2, 0) is 6.18 Å². The number of rotatable bonds is 12. The smallest absolute Gasteiger partial charge is 0.418 e. The van der Waals surface area contributed by atoms with Crippen LogP contribution in [0, 0.1) is 0 Å². The van der Waals surface area contributed by atoms with Crippen LogP contribution in [0.3, 0.4) is 0 Å². The van der Waals surface area contributed by atoms with Gasteiger partial charge in [0.15, 0.2) is 23.0 Å². The van der Waals surface area contributed by atoms with Crippen LogP contribution in [0.15, 0.2) is 90.0 Å². The number of hydrazone groups is 1. The molecule has 0 spiro atoms. The number of esters is 1. The average molecular weight is 660 g/mol. The van der Waals surface area contributed by atoms with Crippen molar-refractivity contribution in [1.82, 2.24) is 10.4 Å². The Balaban J connectivity index is 1.37. The van der Waals surface area contributed by atoms with E-state index >= 15 is 0 Å². The molecule has 0 saturated heterocycles. The zero-order valence-electron chi connectivity index (χ0n) is 26.3. The molecule has 248 valence electrons. The van der Waals surface area contributed by atoms with Crippen molar-refractivity contribution in [3.63, 3.8) is 0 Å². The highest BCUT2D eigenvalue weighted by molar-refractivity contribution is 6.10. The quantitative estimate of drug-likeness (QED) is 0.0607. The van der Waals surface area contributed by atoms with Gasteiger partial charge in [-0.1, -0.05) is 42.5 Å². The summed E-state index contributed by atoms with van der Waals surface area (Å²) in [6.07, 6.45) is -3.30. The number of para-hydroxylation sites is 1. The second kappa shape index (κ2) is 14.8. The number of hydrogen-bond donors (Lipinski definition) is 2.